The third kappa shape index (κ3) is 3.51. The van der Waals surface area contributed by atoms with Crippen molar-refractivity contribution in [3.63, 3.8) is 0 Å². The quantitative estimate of drug-likeness (QED) is 0.829. The Labute approximate surface area is 121 Å². The van der Waals surface area contributed by atoms with Gasteiger partial charge in [-0.3, -0.25) is 0 Å². The molecule has 5 nitrogen and oxygen atoms in total. The number of hydrogen-bond acceptors (Lipinski definition) is 4. The molecule has 0 spiro atoms. The average Bonchev–Trinajstić information content (AvgIpc) is 2.98. The molecule has 3 atom stereocenters. The van der Waals surface area contributed by atoms with Crippen LogP contribution in [0.4, 0.5) is 4.79 Å². The standard InChI is InChI=1S/C12H20N2O3S2/c1-2-19-10-5-3-4-8(10)13-12(17)14-7-18-6-9(14)11(15)16/h8-10H,2-7H2,1H3,(H,13,17)(H,15,16). The van der Waals surface area contributed by atoms with Gasteiger partial charge in [0.1, 0.15) is 6.04 Å². The van der Waals surface area contributed by atoms with Gasteiger partial charge < -0.3 is 15.3 Å². The van der Waals surface area contributed by atoms with Gasteiger partial charge in [-0.1, -0.05) is 13.3 Å². The zero-order chi connectivity index (χ0) is 13.8. The normalized spacial score (nSPS) is 30.6. The minimum Gasteiger partial charge on any atom is -0.480 e. The van der Waals surface area contributed by atoms with Crippen LogP contribution in [0.1, 0.15) is 26.2 Å². The van der Waals surface area contributed by atoms with Crippen LogP contribution < -0.4 is 5.32 Å². The zero-order valence-corrected chi connectivity index (χ0v) is 12.6. The van der Waals surface area contributed by atoms with E-state index in [2.05, 4.69) is 12.2 Å². The van der Waals surface area contributed by atoms with Crippen LogP contribution in [0.3, 0.4) is 0 Å². The van der Waals surface area contributed by atoms with Crippen LogP contribution in [0.5, 0.6) is 0 Å². The molecule has 2 N–H and O–H groups in total. The van der Waals surface area contributed by atoms with E-state index in [0.29, 0.717) is 16.9 Å². The van der Waals surface area contributed by atoms with Crippen LogP contribution in [-0.4, -0.2) is 56.7 Å². The van der Waals surface area contributed by atoms with Gasteiger partial charge in [-0.25, -0.2) is 9.59 Å². The van der Waals surface area contributed by atoms with Gasteiger partial charge in [-0.2, -0.15) is 11.8 Å². The number of rotatable bonds is 4. The summed E-state index contributed by atoms with van der Waals surface area (Å²) >= 11 is 3.38. The lowest BCUT2D eigenvalue weighted by atomic mass is 10.2. The second-order valence-corrected chi connectivity index (χ2v) is 7.32. The van der Waals surface area contributed by atoms with E-state index < -0.39 is 12.0 Å². The van der Waals surface area contributed by atoms with E-state index in [1.807, 2.05) is 11.8 Å². The van der Waals surface area contributed by atoms with Gasteiger partial charge in [0.15, 0.2) is 0 Å². The van der Waals surface area contributed by atoms with E-state index in [0.717, 1.165) is 25.0 Å². The Morgan fingerprint density at radius 3 is 2.95 bits per heavy atom. The Bertz CT molecular complexity index is 354. The van der Waals surface area contributed by atoms with Gasteiger partial charge in [0.2, 0.25) is 0 Å². The molecule has 19 heavy (non-hydrogen) atoms. The number of nitrogens with zero attached hydrogens (tertiary/aromatic N) is 1. The Kier molecular flexibility index (Phi) is 5.27. The van der Waals surface area contributed by atoms with Crippen LogP contribution in [-0.2, 0) is 4.79 Å². The third-order valence-corrected chi connectivity index (χ3v) is 5.91. The molecule has 108 valence electrons. The second-order valence-electron chi connectivity index (χ2n) is 4.80. The van der Waals surface area contributed by atoms with Gasteiger partial charge in [-0.15, -0.1) is 11.8 Å². The molecule has 1 heterocycles. The number of nitrogens with one attached hydrogen (secondary N) is 1. The van der Waals surface area contributed by atoms with Crippen molar-refractivity contribution in [2.75, 3.05) is 17.4 Å². The first kappa shape index (κ1) is 14.8. The molecule has 0 aromatic carbocycles. The van der Waals surface area contributed by atoms with Gasteiger partial charge in [0, 0.05) is 17.0 Å². The van der Waals surface area contributed by atoms with Crippen LogP contribution in [0.2, 0.25) is 0 Å². The van der Waals surface area contributed by atoms with Crippen molar-refractivity contribution >= 4 is 35.5 Å². The van der Waals surface area contributed by atoms with Crippen molar-refractivity contribution in [1.29, 1.82) is 0 Å². The van der Waals surface area contributed by atoms with E-state index >= 15 is 0 Å². The van der Waals surface area contributed by atoms with E-state index in [4.69, 9.17) is 5.11 Å². The highest BCUT2D eigenvalue weighted by Crippen LogP contribution is 2.30. The molecule has 3 unspecified atom stereocenters. The Balaban J connectivity index is 1.91. The largest absolute Gasteiger partial charge is 0.480 e. The molecular weight excluding hydrogens is 284 g/mol. The molecule has 0 aromatic heterocycles. The fourth-order valence-electron chi connectivity index (χ4n) is 2.59. The van der Waals surface area contributed by atoms with Gasteiger partial charge in [0.25, 0.3) is 0 Å². The van der Waals surface area contributed by atoms with Crippen LogP contribution in [0, 0.1) is 0 Å². The molecule has 2 amide bonds. The molecular formula is C12H20N2O3S2. The maximum Gasteiger partial charge on any atom is 0.327 e. The first-order valence-electron chi connectivity index (χ1n) is 6.62. The van der Waals surface area contributed by atoms with Gasteiger partial charge in [0.05, 0.1) is 5.88 Å². The van der Waals surface area contributed by atoms with Gasteiger partial charge in [-0.05, 0) is 18.6 Å². The van der Waals surface area contributed by atoms with Crippen molar-refractivity contribution in [1.82, 2.24) is 10.2 Å². The predicted molar refractivity (Wildman–Crippen MR) is 78.7 cm³/mol. The second kappa shape index (κ2) is 6.74. The lowest BCUT2D eigenvalue weighted by molar-refractivity contribution is -0.140. The molecule has 0 bridgehead atoms. The van der Waals surface area contributed by atoms with Crippen LogP contribution in [0.15, 0.2) is 0 Å². The number of carbonyl (C=O) groups excluding carboxylic acids is 1. The maximum absolute atomic E-state index is 12.2. The lowest BCUT2D eigenvalue weighted by Crippen LogP contribution is -2.51. The van der Waals surface area contributed by atoms with Crippen molar-refractivity contribution in [3.8, 4) is 0 Å². The molecule has 1 aliphatic carbocycles. The number of hydrogen-bond donors (Lipinski definition) is 2. The number of aliphatic carboxylic acids is 1. The van der Waals surface area contributed by atoms with Crippen LogP contribution >= 0.6 is 23.5 Å². The molecule has 2 aliphatic rings. The van der Waals surface area contributed by atoms with E-state index in [9.17, 15) is 9.59 Å². The summed E-state index contributed by atoms with van der Waals surface area (Å²) in [5, 5.41) is 12.6. The fourth-order valence-corrected chi connectivity index (χ4v) is 4.94. The monoisotopic (exact) mass is 304 g/mol. The van der Waals surface area contributed by atoms with E-state index in [1.54, 1.807) is 0 Å². The number of carbonyl (C=O) groups is 2. The average molecular weight is 304 g/mol. The number of carboxylic acids is 1. The minimum atomic E-state index is -0.911. The van der Waals surface area contributed by atoms with Crippen molar-refractivity contribution in [3.05, 3.63) is 0 Å². The number of thioether (sulfide) groups is 2. The van der Waals surface area contributed by atoms with Crippen molar-refractivity contribution in [2.24, 2.45) is 0 Å². The molecule has 1 aliphatic heterocycles. The molecule has 0 aromatic rings. The van der Waals surface area contributed by atoms with Crippen molar-refractivity contribution < 1.29 is 14.7 Å². The fraction of sp³-hybridized carbons (Fsp3) is 0.833. The summed E-state index contributed by atoms with van der Waals surface area (Å²) in [5.41, 5.74) is 0. The van der Waals surface area contributed by atoms with E-state index in [1.165, 1.54) is 16.7 Å². The summed E-state index contributed by atoms with van der Waals surface area (Å²) < 4.78 is 0. The summed E-state index contributed by atoms with van der Waals surface area (Å²) in [6.45, 7) is 2.12. The topological polar surface area (TPSA) is 69.6 Å². The molecule has 2 rings (SSSR count). The molecule has 1 saturated heterocycles. The summed E-state index contributed by atoms with van der Waals surface area (Å²) in [5.74, 6) is 1.10. The summed E-state index contributed by atoms with van der Waals surface area (Å²) in [7, 11) is 0. The lowest BCUT2D eigenvalue weighted by Gasteiger charge is -2.26. The zero-order valence-electron chi connectivity index (χ0n) is 11.0. The Morgan fingerprint density at radius 1 is 1.47 bits per heavy atom. The number of urea groups is 1. The highest BCUT2D eigenvalue weighted by Gasteiger charge is 2.37. The van der Waals surface area contributed by atoms with Crippen molar-refractivity contribution in [2.45, 2.75) is 43.5 Å². The number of carboxylic acid groups (broad SMARTS) is 1. The SMILES string of the molecule is CCSC1CCCC1NC(=O)N1CSCC1C(=O)O. The molecule has 7 heteroatoms. The first-order chi connectivity index (χ1) is 9.13. The Morgan fingerprint density at radius 2 is 2.26 bits per heavy atom. The van der Waals surface area contributed by atoms with Crippen LogP contribution in [0.25, 0.3) is 0 Å². The highest BCUT2D eigenvalue weighted by atomic mass is 32.2. The summed E-state index contributed by atoms with van der Waals surface area (Å²) in [6.07, 6.45) is 3.28. The molecule has 0 radical (unpaired) electrons. The molecule has 1 saturated carbocycles. The smallest absolute Gasteiger partial charge is 0.327 e. The summed E-state index contributed by atoms with van der Waals surface area (Å²) in [4.78, 5) is 24.7. The highest BCUT2D eigenvalue weighted by molar-refractivity contribution is 8.00. The first-order valence-corrected chi connectivity index (χ1v) is 8.83. The molecule has 2 fully saturated rings. The number of amides is 2. The van der Waals surface area contributed by atoms with Gasteiger partial charge >= 0.3 is 12.0 Å². The maximum atomic E-state index is 12.2. The third-order valence-electron chi connectivity index (χ3n) is 3.57. The van der Waals surface area contributed by atoms with E-state index in [-0.39, 0.29) is 12.1 Å². The summed E-state index contributed by atoms with van der Waals surface area (Å²) in [6, 6.07) is -0.702. The predicted octanol–water partition coefficient (Wildman–Crippen LogP) is 1.83. The minimum absolute atomic E-state index is 0.192. The Hall–Kier alpha value is -0.560.